The van der Waals surface area contributed by atoms with Crippen molar-refractivity contribution in [2.75, 3.05) is 25.5 Å². The normalized spacial score (nSPS) is 17.6. The summed E-state index contributed by atoms with van der Waals surface area (Å²) in [7, 11) is 4.01. The number of fused-ring (bicyclic) bond motifs is 1. The number of aliphatic hydroxyl groups excluding tert-OH is 1. The first-order valence-electron chi connectivity index (χ1n) is 8.75. The average molecular weight is 342 g/mol. The van der Waals surface area contributed by atoms with Crippen molar-refractivity contribution in [1.82, 2.24) is 0 Å². The maximum absolute atomic E-state index is 9.93. The van der Waals surface area contributed by atoms with Crippen molar-refractivity contribution in [3.8, 4) is 5.75 Å². The maximum Gasteiger partial charge on any atom is 0.129 e. The molecule has 1 heterocycles. The highest BCUT2D eigenvalue weighted by Gasteiger charge is 2.35. The van der Waals surface area contributed by atoms with E-state index in [-0.39, 0.29) is 0 Å². The summed E-state index contributed by atoms with van der Waals surface area (Å²) < 4.78 is 5.85. The van der Waals surface area contributed by atoms with Crippen LogP contribution in [-0.2, 0) is 12.8 Å². The largest absolute Gasteiger partial charge is 0.485 e. The van der Waals surface area contributed by atoms with Crippen molar-refractivity contribution >= 4 is 5.69 Å². The van der Waals surface area contributed by atoms with E-state index in [1.807, 2.05) is 69.2 Å². The fourth-order valence-corrected chi connectivity index (χ4v) is 2.70. The molecule has 1 unspecified atom stereocenters. The molecule has 0 bridgehead atoms. The van der Waals surface area contributed by atoms with E-state index in [1.165, 1.54) is 5.56 Å². The molecule has 4 heteroatoms. The van der Waals surface area contributed by atoms with E-state index in [4.69, 9.17) is 10.5 Å². The monoisotopic (exact) mass is 342 g/mol. The molecule has 3 rings (SSSR count). The van der Waals surface area contributed by atoms with E-state index in [0.29, 0.717) is 6.42 Å². The average Bonchev–Trinajstić information content (AvgIpc) is 2.57. The van der Waals surface area contributed by atoms with Gasteiger partial charge in [0.05, 0.1) is 6.10 Å². The quantitative estimate of drug-likeness (QED) is 0.900. The van der Waals surface area contributed by atoms with E-state index < -0.39 is 11.7 Å². The van der Waals surface area contributed by atoms with Crippen molar-refractivity contribution in [1.29, 1.82) is 0 Å². The number of nitrogens with two attached hydrogens (primary N) is 1. The molecule has 1 atom stereocenters. The zero-order valence-electron chi connectivity index (χ0n) is 15.7. The van der Waals surface area contributed by atoms with Crippen LogP contribution in [0.25, 0.3) is 0 Å². The highest BCUT2D eigenvalue weighted by Crippen LogP contribution is 2.35. The molecule has 136 valence electrons. The molecular weight excluding hydrogens is 312 g/mol. The third-order valence-electron chi connectivity index (χ3n) is 4.43. The number of hydrogen-bond acceptors (Lipinski definition) is 4. The molecular formula is C21H30N2O2. The van der Waals surface area contributed by atoms with Crippen molar-refractivity contribution < 1.29 is 9.84 Å². The Labute approximate surface area is 151 Å². The zero-order chi connectivity index (χ0) is 18.4. The number of benzene rings is 2. The fourth-order valence-electron chi connectivity index (χ4n) is 2.70. The summed E-state index contributed by atoms with van der Waals surface area (Å²) in [5, 5.41) is 9.93. The molecule has 25 heavy (non-hydrogen) atoms. The van der Waals surface area contributed by atoms with Crippen LogP contribution in [0.2, 0.25) is 0 Å². The Balaban J connectivity index is 0.000000212. The second-order valence-electron chi connectivity index (χ2n) is 7.14. The lowest BCUT2D eigenvalue weighted by molar-refractivity contribution is -0.0410. The van der Waals surface area contributed by atoms with Gasteiger partial charge in [0.15, 0.2) is 0 Å². The van der Waals surface area contributed by atoms with E-state index >= 15 is 0 Å². The number of aliphatic hydroxyl groups is 1. The van der Waals surface area contributed by atoms with Gasteiger partial charge in [-0.05, 0) is 44.0 Å². The van der Waals surface area contributed by atoms with Gasteiger partial charge in [0.25, 0.3) is 0 Å². The minimum atomic E-state index is -0.502. The fraction of sp³-hybridized carbons (Fsp3) is 0.429. The van der Waals surface area contributed by atoms with Crippen molar-refractivity contribution in [3.05, 3.63) is 59.7 Å². The molecule has 0 spiro atoms. The zero-order valence-corrected chi connectivity index (χ0v) is 15.7. The summed E-state index contributed by atoms with van der Waals surface area (Å²) in [5.41, 5.74) is 8.38. The maximum atomic E-state index is 9.93. The Morgan fingerprint density at radius 2 is 1.84 bits per heavy atom. The molecule has 4 nitrogen and oxygen atoms in total. The van der Waals surface area contributed by atoms with Gasteiger partial charge in [0.2, 0.25) is 0 Å². The van der Waals surface area contributed by atoms with E-state index in [2.05, 4.69) is 12.1 Å². The number of hydrogen-bond donors (Lipinski definition) is 2. The van der Waals surface area contributed by atoms with Crippen LogP contribution in [0.4, 0.5) is 5.69 Å². The summed E-state index contributed by atoms with van der Waals surface area (Å²) in [6.07, 6.45) is 1.21. The minimum Gasteiger partial charge on any atom is -0.485 e. The third kappa shape index (κ3) is 5.21. The van der Waals surface area contributed by atoms with Crippen molar-refractivity contribution in [2.45, 2.75) is 38.4 Å². The standard InChI is InChI=1S/C13H19NO2.C8H11N/c1-13(2)12(15)7-9-5-6-10(14(3)4)8-11(9)16-13;9-7-6-8-4-2-1-3-5-8/h5-6,8,12,15H,7H2,1-4H3;1-5H,6-7,9H2. The molecule has 0 saturated heterocycles. The van der Waals surface area contributed by atoms with Crippen molar-refractivity contribution in [3.63, 3.8) is 0 Å². The molecule has 0 fully saturated rings. The predicted molar refractivity (Wildman–Crippen MR) is 104 cm³/mol. The van der Waals surface area contributed by atoms with Gasteiger partial charge in [-0.3, -0.25) is 0 Å². The van der Waals surface area contributed by atoms with Crippen molar-refractivity contribution in [2.24, 2.45) is 5.73 Å². The highest BCUT2D eigenvalue weighted by atomic mass is 16.5. The molecule has 0 amide bonds. The van der Waals surface area contributed by atoms with Crippen LogP contribution in [-0.4, -0.2) is 37.5 Å². The number of nitrogens with zero attached hydrogens (tertiary/aromatic N) is 1. The van der Waals surface area contributed by atoms with Gasteiger partial charge in [-0.1, -0.05) is 36.4 Å². The van der Waals surface area contributed by atoms with Gasteiger partial charge in [0, 0.05) is 32.3 Å². The van der Waals surface area contributed by atoms with Crippen LogP contribution >= 0.6 is 0 Å². The molecule has 0 aromatic heterocycles. The Morgan fingerprint density at radius 1 is 1.16 bits per heavy atom. The first-order chi connectivity index (χ1) is 11.8. The lowest BCUT2D eigenvalue weighted by Crippen LogP contribution is -2.46. The van der Waals surface area contributed by atoms with E-state index in [1.54, 1.807) is 0 Å². The van der Waals surface area contributed by atoms with Crippen LogP contribution < -0.4 is 15.4 Å². The van der Waals surface area contributed by atoms with Gasteiger partial charge in [-0.15, -0.1) is 0 Å². The Bertz CT molecular complexity index is 669. The summed E-state index contributed by atoms with van der Waals surface area (Å²) in [4.78, 5) is 2.04. The van der Waals surface area contributed by atoms with E-state index in [0.717, 1.165) is 30.0 Å². The van der Waals surface area contributed by atoms with Crippen LogP contribution in [0.3, 0.4) is 0 Å². The van der Waals surface area contributed by atoms with Gasteiger partial charge in [-0.25, -0.2) is 0 Å². The lowest BCUT2D eigenvalue weighted by atomic mass is 9.91. The number of ether oxygens (including phenoxy) is 1. The van der Waals surface area contributed by atoms with Gasteiger partial charge >= 0.3 is 0 Å². The number of anilines is 1. The topological polar surface area (TPSA) is 58.7 Å². The van der Waals surface area contributed by atoms with Gasteiger partial charge < -0.3 is 20.5 Å². The van der Waals surface area contributed by atoms with Crippen LogP contribution in [0.5, 0.6) is 5.75 Å². The summed E-state index contributed by atoms with van der Waals surface area (Å²) >= 11 is 0. The molecule has 3 N–H and O–H groups in total. The van der Waals surface area contributed by atoms with Crippen LogP contribution in [0.15, 0.2) is 48.5 Å². The summed E-state index contributed by atoms with van der Waals surface area (Å²) in [6.45, 7) is 4.58. The Kier molecular flexibility index (Phi) is 6.45. The molecule has 2 aromatic carbocycles. The number of rotatable bonds is 3. The smallest absolute Gasteiger partial charge is 0.129 e. The third-order valence-corrected chi connectivity index (χ3v) is 4.43. The predicted octanol–water partition coefficient (Wildman–Crippen LogP) is 3.01. The van der Waals surface area contributed by atoms with Gasteiger partial charge in [-0.2, -0.15) is 0 Å². The lowest BCUT2D eigenvalue weighted by Gasteiger charge is -2.37. The minimum absolute atomic E-state index is 0.440. The van der Waals surface area contributed by atoms with Crippen LogP contribution in [0.1, 0.15) is 25.0 Å². The molecule has 2 aromatic rings. The molecule has 0 radical (unpaired) electrons. The van der Waals surface area contributed by atoms with Crippen LogP contribution in [0, 0.1) is 0 Å². The highest BCUT2D eigenvalue weighted by molar-refractivity contribution is 5.54. The molecule has 0 aliphatic carbocycles. The molecule has 1 aliphatic rings. The first kappa shape index (κ1) is 19.3. The Morgan fingerprint density at radius 3 is 2.44 bits per heavy atom. The first-order valence-corrected chi connectivity index (χ1v) is 8.75. The van der Waals surface area contributed by atoms with Gasteiger partial charge in [0.1, 0.15) is 11.4 Å². The Hall–Kier alpha value is -2.04. The second-order valence-corrected chi connectivity index (χ2v) is 7.14. The van der Waals surface area contributed by atoms with E-state index in [9.17, 15) is 5.11 Å². The SMILES string of the molecule is CN(C)c1ccc2c(c1)OC(C)(C)C(O)C2.NCCc1ccccc1. The second kappa shape index (κ2) is 8.37. The molecule has 0 saturated carbocycles. The molecule has 1 aliphatic heterocycles. The summed E-state index contributed by atoms with van der Waals surface area (Å²) in [5.74, 6) is 0.890. The summed E-state index contributed by atoms with van der Waals surface area (Å²) in [6, 6.07) is 16.4.